The molecule has 0 spiro atoms. The Labute approximate surface area is 72.9 Å². The third-order valence-electron chi connectivity index (χ3n) is 1.88. The van der Waals surface area contributed by atoms with E-state index in [4.69, 9.17) is 4.74 Å². The van der Waals surface area contributed by atoms with E-state index in [9.17, 15) is 4.79 Å². The highest BCUT2D eigenvalue weighted by molar-refractivity contribution is 5.69. The lowest BCUT2D eigenvalue weighted by molar-refractivity contribution is 0.132. The summed E-state index contributed by atoms with van der Waals surface area (Å²) < 4.78 is 5.09. The van der Waals surface area contributed by atoms with Crippen LogP contribution >= 0.6 is 0 Å². The van der Waals surface area contributed by atoms with Gasteiger partial charge in [-0.05, 0) is 13.5 Å². The molecular formula is C8H16N2O2. The molecule has 0 unspecified atom stereocenters. The van der Waals surface area contributed by atoms with Crippen molar-refractivity contribution in [1.82, 2.24) is 10.2 Å². The molecular weight excluding hydrogens is 156 g/mol. The average molecular weight is 172 g/mol. The smallest absolute Gasteiger partial charge is 0.410 e. The van der Waals surface area contributed by atoms with Crippen molar-refractivity contribution in [2.45, 2.75) is 19.4 Å². The standard InChI is InChI=1S/C8H16N2O2/c1-3-4-10-6-7(5-9-2)12-8(10)11/h7,9H,3-6H2,1-2H3/t7-/m0/s1. The highest BCUT2D eigenvalue weighted by Crippen LogP contribution is 2.10. The van der Waals surface area contributed by atoms with Gasteiger partial charge in [-0.25, -0.2) is 4.79 Å². The molecule has 1 heterocycles. The van der Waals surface area contributed by atoms with Gasteiger partial charge < -0.3 is 15.0 Å². The first kappa shape index (κ1) is 9.32. The number of rotatable bonds is 4. The van der Waals surface area contributed by atoms with Gasteiger partial charge in [0.15, 0.2) is 0 Å². The third kappa shape index (κ3) is 2.11. The zero-order chi connectivity index (χ0) is 8.97. The SMILES string of the molecule is CCCN1C[C@H](CNC)OC1=O. The molecule has 0 saturated carbocycles. The molecule has 70 valence electrons. The summed E-state index contributed by atoms with van der Waals surface area (Å²) in [7, 11) is 1.86. The van der Waals surface area contributed by atoms with Gasteiger partial charge in [0.25, 0.3) is 0 Å². The first-order valence-corrected chi connectivity index (χ1v) is 4.38. The number of likely N-dealkylation sites (N-methyl/N-ethyl adjacent to an activating group) is 1. The summed E-state index contributed by atoms with van der Waals surface area (Å²) >= 11 is 0. The second-order valence-electron chi connectivity index (χ2n) is 3.01. The Morgan fingerprint density at radius 2 is 2.50 bits per heavy atom. The molecule has 0 aromatic heterocycles. The maximum absolute atomic E-state index is 11.1. The number of nitrogens with zero attached hydrogens (tertiary/aromatic N) is 1. The zero-order valence-electron chi connectivity index (χ0n) is 7.67. The molecule has 1 saturated heterocycles. The number of hydrogen-bond donors (Lipinski definition) is 1. The molecule has 1 fully saturated rings. The number of nitrogens with one attached hydrogen (secondary N) is 1. The number of carbonyl (C=O) groups excluding carboxylic acids is 1. The van der Waals surface area contributed by atoms with E-state index in [2.05, 4.69) is 12.2 Å². The van der Waals surface area contributed by atoms with Crippen LogP contribution in [-0.4, -0.2) is 43.8 Å². The highest BCUT2D eigenvalue weighted by Gasteiger charge is 2.29. The number of amides is 1. The summed E-state index contributed by atoms with van der Waals surface area (Å²) in [6.07, 6.45) is 0.854. The zero-order valence-corrected chi connectivity index (χ0v) is 7.67. The Bertz CT molecular complexity index is 161. The average Bonchev–Trinajstić information content (AvgIpc) is 2.34. The van der Waals surface area contributed by atoms with Crippen LogP contribution in [0.25, 0.3) is 0 Å². The number of hydrogen-bond acceptors (Lipinski definition) is 3. The molecule has 4 heteroatoms. The minimum absolute atomic E-state index is 0.0362. The van der Waals surface area contributed by atoms with E-state index >= 15 is 0 Å². The van der Waals surface area contributed by atoms with Crippen LogP contribution in [0.15, 0.2) is 0 Å². The second kappa shape index (κ2) is 4.30. The summed E-state index contributed by atoms with van der Waals surface area (Å²) in [6, 6.07) is 0. The van der Waals surface area contributed by atoms with Gasteiger partial charge in [-0.1, -0.05) is 6.92 Å². The van der Waals surface area contributed by atoms with E-state index in [1.807, 2.05) is 7.05 Å². The van der Waals surface area contributed by atoms with E-state index < -0.39 is 0 Å². The quantitative estimate of drug-likeness (QED) is 0.669. The molecule has 1 aliphatic heterocycles. The van der Waals surface area contributed by atoms with Gasteiger partial charge in [-0.15, -0.1) is 0 Å². The second-order valence-corrected chi connectivity index (χ2v) is 3.01. The predicted molar refractivity (Wildman–Crippen MR) is 46.1 cm³/mol. The van der Waals surface area contributed by atoms with E-state index in [0.717, 1.165) is 26.1 Å². The molecule has 0 aromatic rings. The maximum atomic E-state index is 11.1. The monoisotopic (exact) mass is 172 g/mol. The van der Waals surface area contributed by atoms with Crippen molar-refractivity contribution in [3.05, 3.63) is 0 Å². The van der Waals surface area contributed by atoms with Gasteiger partial charge in [-0.3, -0.25) is 0 Å². The molecule has 0 radical (unpaired) electrons. The van der Waals surface area contributed by atoms with E-state index in [1.165, 1.54) is 0 Å². The van der Waals surface area contributed by atoms with Crippen molar-refractivity contribution >= 4 is 6.09 Å². The van der Waals surface area contributed by atoms with Crippen LogP contribution in [-0.2, 0) is 4.74 Å². The molecule has 4 nitrogen and oxygen atoms in total. The lowest BCUT2D eigenvalue weighted by Gasteiger charge is -2.10. The normalized spacial score (nSPS) is 23.0. The van der Waals surface area contributed by atoms with Crippen LogP contribution in [0, 0.1) is 0 Å². The summed E-state index contributed by atoms with van der Waals surface area (Å²) in [5, 5.41) is 2.99. The molecule has 1 amide bonds. The number of carbonyl (C=O) groups is 1. The molecule has 1 atom stereocenters. The van der Waals surface area contributed by atoms with Crippen LogP contribution in [0.4, 0.5) is 4.79 Å². The molecule has 12 heavy (non-hydrogen) atoms. The molecule has 1 aliphatic rings. The topological polar surface area (TPSA) is 41.6 Å². The molecule has 0 bridgehead atoms. The highest BCUT2D eigenvalue weighted by atomic mass is 16.6. The minimum atomic E-state index is -0.169. The number of cyclic esters (lactones) is 1. The van der Waals surface area contributed by atoms with Gasteiger partial charge in [0, 0.05) is 13.1 Å². The van der Waals surface area contributed by atoms with Crippen LogP contribution in [0.1, 0.15) is 13.3 Å². The Balaban J connectivity index is 2.34. The van der Waals surface area contributed by atoms with Gasteiger partial charge >= 0.3 is 6.09 Å². The van der Waals surface area contributed by atoms with Crippen molar-refractivity contribution in [1.29, 1.82) is 0 Å². The van der Waals surface area contributed by atoms with Crippen LogP contribution in [0.3, 0.4) is 0 Å². The largest absolute Gasteiger partial charge is 0.443 e. The fraction of sp³-hybridized carbons (Fsp3) is 0.875. The van der Waals surface area contributed by atoms with Crippen LogP contribution < -0.4 is 5.32 Å². The van der Waals surface area contributed by atoms with Crippen LogP contribution in [0.5, 0.6) is 0 Å². The number of ether oxygens (including phenoxy) is 1. The summed E-state index contributed by atoms with van der Waals surface area (Å²) in [5.41, 5.74) is 0. The molecule has 0 aliphatic carbocycles. The summed E-state index contributed by atoms with van der Waals surface area (Å²) in [6.45, 7) is 4.33. The Morgan fingerprint density at radius 3 is 3.08 bits per heavy atom. The molecule has 0 aromatic carbocycles. The van der Waals surface area contributed by atoms with Crippen molar-refractivity contribution in [3.63, 3.8) is 0 Å². The van der Waals surface area contributed by atoms with Crippen molar-refractivity contribution < 1.29 is 9.53 Å². The predicted octanol–water partition coefficient (Wildman–Crippen LogP) is 0.437. The molecule has 1 rings (SSSR count). The molecule has 1 N–H and O–H groups in total. The van der Waals surface area contributed by atoms with E-state index in [-0.39, 0.29) is 12.2 Å². The van der Waals surface area contributed by atoms with Gasteiger partial charge in [0.05, 0.1) is 6.54 Å². The summed E-state index contributed by atoms with van der Waals surface area (Å²) in [4.78, 5) is 12.9. The lowest BCUT2D eigenvalue weighted by atomic mass is 10.3. The van der Waals surface area contributed by atoms with Crippen molar-refractivity contribution in [2.75, 3.05) is 26.7 Å². The minimum Gasteiger partial charge on any atom is -0.443 e. The van der Waals surface area contributed by atoms with Crippen molar-refractivity contribution in [3.8, 4) is 0 Å². The van der Waals surface area contributed by atoms with Crippen molar-refractivity contribution in [2.24, 2.45) is 0 Å². The summed E-state index contributed by atoms with van der Waals surface area (Å²) in [5.74, 6) is 0. The van der Waals surface area contributed by atoms with Gasteiger partial charge in [0.2, 0.25) is 0 Å². The Hall–Kier alpha value is -0.770. The Kier molecular flexibility index (Phi) is 3.34. The maximum Gasteiger partial charge on any atom is 0.410 e. The third-order valence-corrected chi connectivity index (χ3v) is 1.88. The fourth-order valence-corrected chi connectivity index (χ4v) is 1.36. The Morgan fingerprint density at radius 1 is 1.75 bits per heavy atom. The van der Waals surface area contributed by atoms with E-state index in [1.54, 1.807) is 4.90 Å². The lowest BCUT2D eigenvalue weighted by Crippen LogP contribution is -2.29. The first-order chi connectivity index (χ1) is 5.77. The van der Waals surface area contributed by atoms with Crippen LogP contribution in [0.2, 0.25) is 0 Å². The van der Waals surface area contributed by atoms with Gasteiger partial charge in [0.1, 0.15) is 6.10 Å². The van der Waals surface area contributed by atoms with E-state index in [0.29, 0.717) is 0 Å². The van der Waals surface area contributed by atoms with Gasteiger partial charge in [-0.2, -0.15) is 0 Å². The fourth-order valence-electron chi connectivity index (χ4n) is 1.36. The first-order valence-electron chi connectivity index (χ1n) is 4.38.